The summed E-state index contributed by atoms with van der Waals surface area (Å²) < 4.78 is 0. The first-order valence-corrected chi connectivity index (χ1v) is 6.24. The van der Waals surface area contributed by atoms with E-state index in [4.69, 9.17) is 0 Å². The van der Waals surface area contributed by atoms with Gasteiger partial charge in [0.05, 0.1) is 11.8 Å². The van der Waals surface area contributed by atoms with Crippen molar-refractivity contribution in [1.29, 1.82) is 0 Å². The molecule has 1 aliphatic heterocycles. The summed E-state index contributed by atoms with van der Waals surface area (Å²) in [5, 5.41) is 2.44. The van der Waals surface area contributed by atoms with Crippen molar-refractivity contribution in [1.82, 2.24) is 5.32 Å². The van der Waals surface area contributed by atoms with Gasteiger partial charge in [0.25, 0.3) is 0 Å². The largest absolute Gasteiger partial charge is 0.296 e. The molecule has 2 amide bonds. The van der Waals surface area contributed by atoms with Crippen molar-refractivity contribution in [2.24, 2.45) is 11.8 Å². The molecule has 1 heterocycles. The highest BCUT2D eigenvalue weighted by Gasteiger charge is 2.43. The Morgan fingerprint density at radius 1 is 1.29 bits per heavy atom. The molecule has 2 aliphatic rings. The van der Waals surface area contributed by atoms with Crippen molar-refractivity contribution < 1.29 is 9.59 Å². The van der Waals surface area contributed by atoms with Crippen LogP contribution in [0.4, 0.5) is 0 Å². The number of hydrogen-bond donors (Lipinski definition) is 1. The fraction of sp³-hybridized carbons (Fsp3) is 0.571. The molecule has 3 nitrogen and oxygen atoms in total. The molecular formula is C14H19NO2. The molecule has 3 heteroatoms. The first-order chi connectivity index (χ1) is 8.08. The Bertz CT molecular complexity index is 402. The zero-order chi connectivity index (χ0) is 12.4. The van der Waals surface area contributed by atoms with E-state index in [1.165, 1.54) is 11.1 Å². The van der Waals surface area contributed by atoms with Gasteiger partial charge >= 0.3 is 0 Å². The normalized spacial score (nSPS) is 30.1. The second-order valence-corrected chi connectivity index (χ2v) is 5.19. The quantitative estimate of drug-likeness (QED) is 0.588. The van der Waals surface area contributed by atoms with Crippen molar-refractivity contribution in [3.63, 3.8) is 0 Å². The molecule has 2 rings (SSSR count). The predicted octanol–water partition coefficient (Wildman–Crippen LogP) is 2.34. The molecule has 0 aromatic carbocycles. The maximum absolute atomic E-state index is 11.6. The summed E-state index contributed by atoms with van der Waals surface area (Å²) in [4.78, 5) is 23.0. The predicted molar refractivity (Wildman–Crippen MR) is 66.1 cm³/mol. The van der Waals surface area contributed by atoms with Gasteiger partial charge in [0, 0.05) is 0 Å². The number of carbonyl (C=O) groups excluding carboxylic acids is 2. The molecular weight excluding hydrogens is 214 g/mol. The van der Waals surface area contributed by atoms with Crippen LogP contribution in [0, 0.1) is 11.8 Å². The van der Waals surface area contributed by atoms with Gasteiger partial charge in [0.15, 0.2) is 0 Å². The maximum Gasteiger partial charge on any atom is 0.230 e. The van der Waals surface area contributed by atoms with E-state index in [1.54, 1.807) is 0 Å². The van der Waals surface area contributed by atoms with Crippen LogP contribution in [0.1, 0.15) is 39.5 Å². The fourth-order valence-corrected chi connectivity index (χ4v) is 2.61. The zero-order valence-electron chi connectivity index (χ0n) is 10.5. The third-order valence-corrected chi connectivity index (χ3v) is 3.60. The second kappa shape index (κ2) is 4.86. The minimum atomic E-state index is -0.103. The summed E-state index contributed by atoms with van der Waals surface area (Å²) in [5.41, 5.74) is 2.64. The van der Waals surface area contributed by atoms with Gasteiger partial charge < -0.3 is 0 Å². The minimum absolute atomic E-state index is 0.0663. The van der Waals surface area contributed by atoms with Gasteiger partial charge in [-0.1, -0.05) is 23.3 Å². The van der Waals surface area contributed by atoms with Crippen LogP contribution < -0.4 is 5.32 Å². The van der Waals surface area contributed by atoms with Crippen LogP contribution in [-0.4, -0.2) is 11.8 Å². The van der Waals surface area contributed by atoms with Gasteiger partial charge in [0.1, 0.15) is 0 Å². The Kier molecular flexibility index (Phi) is 3.46. The molecule has 92 valence electrons. The lowest BCUT2D eigenvalue weighted by atomic mass is 9.78. The second-order valence-electron chi connectivity index (χ2n) is 5.19. The van der Waals surface area contributed by atoms with E-state index in [1.807, 2.05) is 0 Å². The summed E-state index contributed by atoms with van der Waals surface area (Å²) >= 11 is 0. The fourth-order valence-electron chi connectivity index (χ4n) is 2.61. The van der Waals surface area contributed by atoms with E-state index in [9.17, 15) is 9.59 Å². The maximum atomic E-state index is 11.6. The number of nitrogens with one attached hydrogen (secondary N) is 1. The Morgan fingerprint density at radius 3 is 2.71 bits per heavy atom. The van der Waals surface area contributed by atoms with Crippen molar-refractivity contribution in [3.05, 3.63) is 23.3 Å². The average Bonchev–Trinajstić information content (AvgIpc) is 2.54. The number of amides is 2. The number of fused-ring (bicyclic) bond motifs is 1. The Hall–Kier alpha value is -1.38. The Balaban J connectivity index is 2.00. The molecule has 2 atom stereocenters. The molecule has 17 heavy (non-hydrogen) atoms. The van der Waals surface area contributed by atoms with E-state index < -0.39 is 0 Å². The van der Waals surface area contributed by atoms with Gasteiger partial charge in [-0.3, -0.25) is 14.9 Å². The lowest BCUT2D eigenvalue weighted by molar-refractivity contribution is -0.126. The molecule has 0 spiro atoms. The van der Waals surface area contributed by atoms with Crippen molar-refractivity contribution in [2.75, 3.05) is 0 Å². The number of rotatable bonds is 2. The third-order valence-electron chi connectivity index (χ3n) is 3.60. The molecule has 1 N–H and O–H groups in total. The van der Waals surface area contributed by atoms with Crippen LogP contribution in [0.5, 0.6) is 0 Å². The van der Waals surface area contributed by atoms with Crippen LogP contribution in [0.25, 0.3) is 0 Å². The number of carbonyl (C=O) groups is 2. The number of allylic oxidation sites excluding steroid dienone is 4. The molecule has 1 aliphatic carbocycles. The van der Waals surface area contributed by atoms with E-state index >= 15 is 0 Å². The van der Waals surface area contributed by atoms with E-state index in [2.05, 4.69) is 31.3 Å². The van der Waals surface area contributed by atoms with Crippen molar-refractivity contribution in [3.8, 4) is 0 Å². The topological polar surface area (TPSA) is 46.2 Å². The number of hydrogen-bond acceptors (Lipinski definition) is 2. The van der Waals surface area contributed by atoms with Gasteiger partial charge in [0.2, 0.25) is 11.8 Å². The average molecular weight is 233 g/mol. The van der Waals surface area contributed by atoms with Gasteiger partial charge in [-0.15, -0.1) is 0 Å². The highest BCUT2D eigenvalue weighted by atomic mass is 16.2. The first-order valence-electron chi connectivity index (χ1n) is 6.24. The van der Waals surface area contributed by atoms with Crippen LogP contribution in [0.3, 0.4) is 0 Å². The lowest BCUT2D eigenvalue weighted by Gasteiger charge is -2.23. The molecule has 0 unspecified atom stereocenters. The SMILES string of the molecule is CC(C)=CC/C=C1/CC[C@@H]2C(=O)NC(=O)[C@H]2C1. The Morgan fingerprint density at radius 2 is 2.00 bits per heavy atom. The molecule has 1 saturated heterocycles. The molecule has 0 radical (unpaired) electrons. The summed E-state index contributed by atoms with van der Waals surface area (Å²) in [6, 6.07) is 0. The van der Waals surface area contributed by atoms with Crippen LogP contribution in [-0.2, 0) is 9.59 Å². The third kappa shape index (κ3) is 2.65. The smallest absolute Gasteiger partial charge is 0.230 e. The van der Waals surface area contributed by atoms with Gasteiger partial charge in [-0.25, -0.2) is 0 Å². The van der Waals surface area contributed by atoms with Crippen LogP contribution in [0.15, 0.2) is 23.3 Å². The summed E-state index contributed by atoms with van der Waals surface area (Å²) in [7, 11) is 0. The molecule has 0 aromatic rings. The number of imide groups is 1. The van der Waals surface area contributed by atoms with E-state index in [-0.39, 0.29) is 23.7 Å². The summed E-state index contributed by atoms with van der Waals surface area (Å²) in [5.74, 6) is -0.312. The standard InChI is InChI=1S/C14H19NO2/c1-9(2)4-3-5-10-6-7-11-12(8-10)14(17)15-13(11)16/h4-5,11-12H,3,6-8H2,1-2H3,(H,15,16,17)/b10-5-/t11-,12-/m0/s1. The van der Waals surface area contributed by atoms with Gasteiger partial charge in [-0.2, -0.15) is 0 Å². The van der Waals surface area contributed by atoms with E-state index in [0.29, 0.717) is 0 Å². The molecule has 2 fully saturated rings. The molecule has 0 aromatic heterocycles. The molecule has 1 saturated carbocycles. The van der Waals surface area contributed by atoms with E-state index in [0.717, 1.165) is 25.7 Å². The van der Waals surface area contributed by atoms with Crippen LogP contribution in [0.2, 0.25) is 0 Å². The zero-order valence-corrected chi connectivity index (χ0v) is 10.5. The first kappa shape index (κ1) is 12.1. The highest BCUT2D eigenvalue weighted by molar-refractivity contribution is 6.05. The molecule has 0 bridgehead atoms. The summed E-state index contributed by atoms with van der Waals surface area (Å²) in [6.07, 6.45) is 7.86. The monoisotopic (exact) mass is 233 g/mol. The lowest BCUT2D eigenvalue weighted by Crippen LogP contribution is -2.23. The van der Waals surface area contributed by atoms with Crippen molar-refractivity contribution >= 4 is 11.8 Å². The van der Waals surface area contributed by atoms with Crippen LogP contribution >= 0.6 is 0 Å². The minimum Gasteiger partial charge on any atom is -0.296 e. The van der Waals surface area contributed by atoms with Crippen molar-refractivity contribution in [2.45, 2.75) is 39.5 Å². The Labute approximate surface area is 102 Å². The highest BCUT2D eigenvalue weighted by Crippen LogP contribution is 2.37. The van der Waals surface area contributed by atoms with Gasteiger partial charge in [-0.05, 0) is 39.5 Å². The summed E-state index contributed by atoms with van der Waals surface area (Å²) in [6.45, 7) is 4.16.